The van der Waals surface area contributed by atoms with Gasteiger partial charge < -0.3 is 9.80 Å². The monoisotopic (exact) mass is 1030 g/mol. The molecule has 12 aromatic carbocycles. The quantitative estimate of drug-likeness (QED) is 0.127. The Labute approximate surface area is 463 Å². The number of thiophene rings is 2. The molecule has 0 N–H and O–H groups in total. The van der Waals surface area contributed by atoms with Gasteiger partial charge in [-0.1, -0.05) is 231 Å². The highest BCUT2D eigenvalue weighted by Crippen LogP contribution is 2.52. The first-order valence-electron chi connectivity index (χ1n) is 26.7. The summed E-state index contributed by atoms with van der Waals surface area (Å²) < 4.78 is 5.12. The van der Waals surface area contributed by atoms with Gasteiger partial charge in [0.15, 0.2) is 0 Å². The number of fused-ring (bicyclic) bond motifs is 6. The van der Waals surface area contributed by atoms with Crippen molar-refractivity contribution in [2.75, 3.05) is 9.80 Å². The molecule has 0 saturated carbocycles. The second kappa shape index (κ2) is 20.0. The minimum atomic E-state index is 1.13. The van der Waals surface area contributed by atoms with Crippen LogP contribution in [-0.4, -0.2) is 0 Å². The lowest BCUT2D eigenvalue weighted by molar-refractivity contribution is 1.26. The molecule has 0 unspecified atom stereocenters. The number of para-hydroxylation sites is 2. The lowest BCUT2D eigenvalue weighted by Crippen LogP contribution is -2.13. The summed E-state index contributed by atoms with van der Waals surface area (Å²) >= 11 is 3.78. The lowest BCUT2D eigenvalue weighted by Gasteiger charge is -2.30. The molecule has 0 amide bonds. The van der Waals surface area contributed by atoms with Crippen LogP contribution in [0.4, 0.5) is 34.1 Å². The standard InChI is InChI=1S/C74H52N2S2/c1-49-47-55(43-45-65(49)75(67-39-17-15-31-57(67)51-23-7-3-8-24-51)69-41-21-37-63-61-35-19-33-59(71(61)77-73(63)69)53-27-11-5-12-28-53)56-44-46-66(50(2)48-56)76(68-40-18-16-32-58(68)52-25-9-4-10-26-52)70-42-22-38-64-62-36-20-34-60(72(62)78-74(64)70)54-29-13-6-14-30-54/h3-48H,1-2H3. The molecule has 0 saturated heterocycles. The zero-order chi connectivity index (χ0) is 52.1. The van der Waals surface area contributed by atoms with Crippen LogP contribution in [0.25, 0.3) is 96.0 Å². The molecule has 2 aromatic heterocycles. The number of benzene rings is 12. The molecule has 0 bridgehead atoms. The molecule has 370 valence electrons. The van der Waals surface area contributed by atoms with Gasteiger partial charge in [0.1, 0.15) is 0 Å². The van der Waals surface area contributed by atoms with E-state index in [2.05, 4.69) is 303 Å². The largest absolute Gasteiger partial charge is 0.308 e. The molecule has 0 fully saturated rings. The first-order valence-corrected chi connectivity index (χ1v) is 28.3. The van der Waals surface area contributed by atoms with E-state index >= 15 is 0 Å². The van der Waals surface area contributed by atoms with Gasteiger partial charge in [0.25, 0.3) is 0 Å². The molecule has 4 heteroatoms. The second-order valence-corrected chi connectivity index (χ2v) is 22.1. The van der Waals surface area contributed by atoms with Gasteiger partial charge in [-0.2, -0.15) is 0 Å². The number of aryl methyl sites for hydroxylation is 2. The van der Waals surface area contributed by atoms with E-state index in [1.54, 1.807) is 0 Å². The maximum Gasteiger partial charge on any atom is 0.0640 e. The fourth-order valence-corrected chi connectivity index (χ4v) is 14.3. The van der Waals surface area contributed by atoms with E-state index in [1.807, 2.05) is 22.7 Å². The lowest BCUT2D eigenvalue weighted by atomic mass is 9.96. The van der Waals surface area contributed by atoms with Gasteiger partial charge in [0.2, 0.25) is 0 Å². The summed E-state index contributed by atoms with van der Waals surface area (Å²) in [6.07, 6.45) is 0. The van der Waals surface area contributed by atoms with Crippen LogP contribution in [0.5, 0.6) is 0 Å². The van der Waals surface area contributed by atoms with Crippen molar-refractivity contribution in [3.63, 3.8) is 0 Å². The van der Waals surface area contributed by atoms with E-state index in [4.69, 9.17) is 0 Å². The molecule has 2 nitrogen and oxygen atoms in total. The SMILES string of the molecule is Cc1cc(-c2ccc(N(c3ccccc3-c3ccccc3)c3cccc4c3sc3c(-c5ccccc5)cccc34)c(C)c2)ccc1N(c1ccccc1-c1ccccc1)c1cccc2c1sc1c(-c3ccccc3)cccc12. The van der Waals surface area contributed by atoms with Crippen molar-refractivity contribution in [3.8, 4) is 55.6 Å². The molecule has 0 spiro atoms. The number of nitrogens with zero attached hydrogens (tertiary/aromatic N) is 2. The third kappa shape index (κ3) is 8.25. The fourth-order valence-electron chi connectivity index (χ4n) is 11.7. The van der Waals surface area contributed by atoms with Crippen LogP contribution in [-0.2, 0) is 0 Å². The van der Waals surface area contributed by atoms with Gasteiger partial charge in [-0.15, -0.1) is 22.7 Å². The van der Waals surface area contributed by atoms with Crippen LogP contribution >= 0.6 is 22.7 Å². The highest BCUT2D eigenvalue weighted by molar-refractivity contribution is 7.27. The van der Waals surface area contributed by atoms with E-state index in [0.29, 0.717) is 0 Å². The Morgan fingerprint density at radius 3 is 0.885 bits per heavy atom. The first kappa shape index (κ1) is 47.2. The van der Waals surface area contributed by atoms with Crippen molar-refractivity contribution < 1.29 is 0 Å². The molecule has 0 aliphatic heterocycles. The molecule has 0 atom stereocenters. The van der Waals surface area contributed by atoms with Crippen LogP contribution in [0.15, 0.2) is 279 Å². The molecule has 0 aliphatic carbocycles. The molecule has 0 radical (unpaired) electrons. The Bertz CT molecular complexity index is 4230. The van der Waals surface area contributed by atoms with Gasteiger partial charge in [0, 0.05) is 53.4 Å². The van der Waals surface area contributed by atoms with Gasteiger partial charge in [-0.25, -0.2) is 0 Å². The molecular formula is C74H52N2S2. The van der Waals surface area contributed by atoms with Gasteiger partial charge in [0.05, 0.1) is 32.1 Å². The van der Waals surface area contributed by atoms with Crippen LogP contribution in [0.1, 0.15) is 11.1 Å². The van der Waals surface area contributed by atoms with E-state index < -0.39 is 0 Å². The Morgan fingerprint density at radius 2 is 0.513 bits per heavy atom. The third-order valence-electron chi connectivity index (χ3n) is 15.3. The fraction of sp³-hybridized carbons (Fsp3) is 0.0270. The van der Waals surface area contributed by atoms with Crippen molar-refractivity contribution in [2.45, 2.75) is 13.8 Å². The predicted octanol–water partition coefficient (Wildman–Crippen LogP) is 22.3. The number of anilines is 6. The summed E-state index contributed by atoms with van der Waals surface area (Å²) in [6, 6.07) is 102. The van der Waals surface area contributed by atoms with Crippen LogP contribution < -0.4 is 9.80 Å². The van der Waals surface area contributed by atoms with Crippen molar-refractivity contribution in [1.82, 2.24) is 0 Å². The minimum absolute atomic E-state index is 1.13. The molecule has 78 heavy (non-hydrogen) atoms. The van der Waals surface area contributed by atoms with Crippen molar-refractivity contribution in [2.24, 2.45) is 0 Å². The zero-order valence-corrected chi connectivity index (χ0v) is 44.9. The van der Waals surface area contributed by atoms with Crippen molar-refractivity contribution in [3.05, 3.63) is 290 Å². The molecule has 2 heterocycles. The van der Waals surface area contributed by atoms with Crippen molar-refractivity contribution >= 4 is 97.1 Å². The zero-order valence-electron chi connectivity index (χ0n) is 43.3. The molecular weight excluding hydrogens is 981 g/mol. The molecule has 0 aliphatic rings. The van der Waals surface area contributed by atoms with E-state index in [1.165, 1.54) is 107 Å². The Kier molecular flexibility index (Phi) is 12.1. The Hall–Kier alpha value is -9.32. The van der Waals surface area contributed by atoms with Crippen molar-refractivity contribution in [1.29, 1.82) is 0 Å². The van der Waals surface area contributed by atoms with E-state index in [-0.39, 0.29) is 0 Å². The normalized spacial score (nSPS) is 11.5. The van der Waals surface area contributed by atoms with E-state index in [0.717, 1.165) is 34.1 Å². The van der Waals surface area contributed by atoms with Crippen LogP contribution in [0.2, 0.25) is 0 Å². The summed E-state index contributed by atoms with van der Waals surface area (Å²) in [7, 11) is 0. The Morgan fingerprint density at radius 1 is 0.218 bits per heavy atom. The molecule has 14 aromatic rings. The smallest absolute Gasteiger partial charge is 0.0640 e. The topological polar surface area (TPSA) is 6.48 Å². The minimum Gasteiger partial charge on any atom is -0.308 e. The van der Waals surface area contributed by atoms with Crippen LogP contribution in [0.3, 0.4) is 0 Å². The first-order chi connectivity index (χ1) is 38.6. The maximum atomic E-state index is 2.51. The summed E-state index contributed by atoms with van der Waals surface area (Å²) in [5.41, 5.74) is 21.3. The number of rotatable bonds is 11. The number of hydrogen-bond donors (Lipinski definition) is 0. The summed E-state index contributed by atoms with van der Waals surface area (Å²) in [5.74, 6) is 0. The predicted molar refractivity (Wildman–Crippen MR) is 338 cm³/mol. The third-order valence-corrected chi connectivity index (χ3v) is 17.9. The maximum absolute atomic E-state index is 2.51. The van der Waals surface area contributed by atoms with Gasteiger partial charge >= 0.3 is 0 Å². The van der Waals surface area contributed by atoms with E-state index in [9.17, 15) is 0 Å². The van der Waals surface area contributed by atoms with Gasteiger partial charge in [-0.05, 0) is 118 Å². The average Bonchev–Trinajstić information content (AvgIpc) is 4.31. The van der Waals surface area contributed by atoms with Gasteiger partial charge in [-0.3, -0.25) is 0 Å². The summed E-state index contributed by atoms with van der Waals surface area (Å²) in [6.45, 7) is 4.54. The molecule has 14 rings (SSSR count). The summed E-state index contributed by atoms with van der Waals surface area (Å²) in [4.78, 5) is 5.02. The second-order valence-electron chi connectivity index (χ2n) is 20.0. The highest BCUT2D eigenvalue weighted by Gasteiger charge is 2.26. The number of hydrogen-bond acceptors (Lipinski definition) is 4. The summed E-state index contributed by atoms with van der Waals surface area (Å²) in [5, 5.41) is 5.08. The Balaban J connectivity index is 0.915. The average molecular weight is 1030 g/mol. The highest BCUT2D eigenvalue weighted by atomic mass is 32.1. The van der Waals surface area contributed by atoms with Crippen LogP contribution in [0, 0.1) is 13.8 Å².